The Morgan fingerprint density at radius 2 is 2.18 bits per heavy atom. The summed E-state index contributed by atoms with van der Waals surface area (Å²) in [5.74, 6) is 0.490. The van der Waals surface area contributed by atoms with E-state index in [0.29, 0.717) is 23.7 Å². The molecule has 0 atom stereocenters. The van der Waals surface area contributed by atoms with E-state index in [-0.39, 0.29) is 5.91 Å². The van der Waals surface area contributed by atoms with Crippen molar-refractivity contribution in [3.63, 3.8) is 0 Å². The minimum Gasteiger partial charge on any atom is -0.490 e. The first kappa shape index (κ1) is 13.3. The topological polar surface area (TPSA) is 67.6 Å². The number of amides is 1. The molecule has 0 unspecified atom stereocenters. The van der Waals surface area contributed by atoms with Gasteiger partial charge in [0.2, 0.25) is 5.91 Å². The Balaban J connectivity index is 2.72. The molecule has 0 aliphatic heterocycles. The number of hydrogen-bond donors (Lipinski definition) is 2. The summed E-state index contributed by atoms with van der Waals surface area (Å²) in [7, 11) is 3.95. The van der Waals surface area contributed by atoms with Gasteiger partial charge in [-0.1, -0.05) is 0 Å². The Hall–Kier alpha value is -1.75. The number of nitrogens with two attached hydrogens (primary N) is 1. The number of carbonyl (C=O) groups is 1. The van der Waals surface area contributed by atoms with Gasteiger partial charge in [-0.05, 0) is 32.3 Å². The third-order valence-corrected chi connectivity index (χ3v) is 2.11. The number of anilines is 2. The Morgan fingerprint density at radius 1 is 1.47 bits per heavy atom. The van der Waals surface area contributed by atoms with Gasteiger partial charge >= 0.3 is 0 Å². The lowest BCUT2D eigenvalue weighted by atomic mass is 10.2. The first-order chi connectivity index (χ1) is 7.99. The smallest absolute Gasteiger partial charge is 0.221 e. The molecule has 0 spiro atoms. The average molecular weight is 237 g/mol. The van der Waals surface area contributed by atoms with Gasteiger partial charge in [-0.2, -0.15) is 0 Å². The molecule has 0 aliphatic rings. The highest BCUT2D eigenvalue weighted by Gasteiger charge is 2.06. The van der Waals surface area contributed by atoms with E-state index in [4.69, 9.17) is 10.5 Å². The standard InChI is InChI=1S/C12H19N3O2/c1-9(16)14-11-8-10(13)4-5-12(11)17-7-6-15(2)3/h4-5,8H,6-7,13H2,1-3H3,(H,14,16). The monoisotopic (exact) mass is 237 g/mol. The van der Waals surface area contributed by atoms with E-state index in [1.165, 1.54) is 6.92 Å². The van der Waals surface area contributed by atoms with Gasteiger partial charge in [-0.25, -0.2) is 0 Å². The molecule has 0 aromatic heterocycles. The van der Waals surface area contributed by atoms with Gasteiger partial charge in [-0.3, -0.25) is 4.79 Å². The quantitative estimate of drug-likeness (QED) is 0.754. The Bertz CT molecular complexity index is 391. The molecule has 0 bridgehead atoms. The van der Waals surface area contributed by atoms with E-state index in [9.17, 15) is 4.79 Å². The highest BCUT2D eigenvalue weighted by Crippen LogP contribution is 2.26. The number of benzene rings is 1. The number of nitrogens with one attached hydrogen (secondary N) is 1. The van der Waals surface area contributed by atoms with Crippen LogP contribution in [0.5, 0.6) is 5.75 Å². The second-order valence-corrected chi connectivity index (χ2v) is 4.09. The maximum absolute atomic E-state index is 11.0. The average Bonchev–Trinajstić information content (AvgIpc) is 2.20. The molecule has 0 fully saturated rings. The van der Waals surface area contributed by atoms with Gasteiger partial charge in [0.15, 0.2) is 0 Å². The van der Waals surface area contributed by atoms with Gasteiger partial charge in [0, 0.05) is 19.2 Å². The lowest BCUT2D eigenvalue weighted by Gasteiger charge is -2.14. The summed E-state index contributed by atoms with van der Waals surface area (Å²) in [5, 5.41) is 2.69. The molecule has 0 saturated heterocycles. The van der Waals surface area contributed by atoms with Crippen molar-refractivity contribution >= 4 is 17.3 Å². The Labute approximate surface area is 102 Å². The normalized spacial score (nSPS) is 10.4. The van der Waals surface area contributed by atoms with Crippen LogP contribution >= 0.6 is 0 Å². The summed E-state index contributed by atoms with van der Waals surface area (Å²) in [6, 6.07) is 5.19. The van der Waals surface area contributed by atoms with Crippen molar-refractivity contribution in [2.45, 2.75) is 6.92 Å². The van der Waals surface area contributed by atoms with Crippen molar-refractivity contribution in [1.82, 2.24) is 4.90 Å². The van der Waals surface area contributed by atoms with E-state index < -0.39 is 0 Å². The van der Waals surface area contributed by atoms with Crippen LogP contribution in [-0.2, 0) is 4.79 Å². The lowest BCUT2D eigenvalue weighted by molar-refractivity contribution is -0.114. The van der Waals surface area contributed by atoms with Gasteiger partial charge in [0.1, 0.15) is 12.4 Å². The number of ether oxygens (including phenoxy) is 1. The van der Waals surface area contributed by atoms with Crippen LogP contribution in [0.3, 0.4) is 0 Å². The molecule has 0 saturated carbocycles. The van der Waals surface area contributed by atoms with E-state index in [2.05, 4.69) is 5.32 Å². The van der Waals surface area contributed by atoms with Crippen molar-refractivity contribution < 1.29 is 9.53 Å². The van der Waals surface area contributed by atoms with Crippen LogP contribution in [-0.4, -0.2) is 38.1 Å². The Morgan fingerprint density at radius 3 is 2.76 bits per heavy atom. The SMILES string of the molecule is CC(=O)Nc1cc(N)ccc1OCCN(C)C. The number of nitrogens with zero attached hydrogens (tertiary/aromatic N) is 1. The van der Waals surface area contributed by atoms with Crippen LogP contribution < -0.4 is 15.8 Å². The Kier molecular flexibility index (Phi) is 4.78. The van der Waals surface area contributed by atoms with Gasteiger partial charge in [0.05, 0.1) is 5.69 Å². The fraction of sp³-hybridized carbons (Fsp3) is 0.417. The molecule has 1 aromatic carbocycles. The summed E-state index contributed by atoms with van der Waals surface area (Å²) in [5.41, 5.74) is 6.86. The van der Waals surface area contributed by atoms with Crippen molar-refractivity contribution in [2.75, 3.05) is 38.3 Å². The van der Waals surface area contributed by atoms with Gasteiger partial charge in [0.25, 0.3) is 0 Å². The summed E-state index contributed by atoms with van der Waals surface area (Å²) < 4.78 is 5.59. The minimum absolute atomic E-state index is 0.145. The third-order valence-electron chi connectivity index (χ3n) is 2.11. The largest absolute Gasteiger partial charge is 0.490 e. The van der Waals surface area contributed by atoms with Gasteiger partial charge in [-0.15, -0.1) is 0 Å². The molecule has 1 rings (SSSR count). The van der Waals surface area contributed by atoms with Crippen LogP contribution in [0, 0.1) is 0 Å². The first-order valence-electron chi connectivity index (χ1n) is 5.43. The summed E-state index contributed by atoms with van der Waals surface area (Å²) in [6.45, 7) is 2.82. The molecule has 1 amide bonds. The molecule has 0 aliphatic carbocycles. The predicted octanol–water partition coefficient (Wildman–Crippen LogP) is 1.17. The maximum atomic E-state index is 11.0. The fourth-order valence-electron chi connectivity index (χ4n) is 1.30. The number of rotatable bonds is 5. The van der Waals surface area contributed by atoms with Crippen LogP contribution in [0.1, 0.15) is 6.92 Å². The highest BCUT2D eigenvalue weighted by atomic mass is 16.5. The van der Waals surface area contributed by atoms with Crippen molar-refractivity contribution in [2.24, 2.45) is 0 Å². The van der Waals surface area contributed by atoms with Crippen molar-refractivity contribution in [3.8, 4) is 5.75 Å². The molecule has 3 N–H and O–H groups in total. The van der Waals surface area contributed by atoms with Crippen LogP contribution in [0.4, 0.5) is 11.4 Å². The molecule has 0 radical (unpaired) electrons. The van der Waals surface area contributed by atoms with E-state index >= 15 is 0 Å². The molecular formula is C12H19N3O2. The zero-order valence-electron chi connectivity index (χ0n) is 10.5. The molecule has 5 nitrogen and oxygen atoms in total. The highest BCUT2D eigenvalue weighted by molar-refractivity contribution is 5.91. The second-order valence-electron chi connectivity index (χ2n) is 4.09. The first-order valence-corrected chi connectivity index (χ1v) is 5.43. The zero-order chi connectivity index (χ0) is 12.8. The second kappa shape index (κ2) is 6.10. The summed E-state index contributed by atoms with van der Waals surface area (Å²) in [6.07, 6.45) is 0. The van der Waals surface area contributed by atoms with Gasteiger partial charge < -0.3 is 20.7 Å². The van der Waals surface area contributed by atoms with E-state index in [1.807, 2.05) is 19.0 Å². The van der Waals surface area contributed by atoms with Crippen LogP contribution in [0.2, 0.25) is 0 Å². The number of hydrogen-bond acceptors (Lipinski definition) is 4. The minimum atomic E-state index is -0.145. The fourth-order valence-corrected chi connectivity index (χ4v) is 1.30. The molecule has 0 heterocycles. The molecule has 17 heavy (non-hydrogen) atoms. The molecule has 1 aromatic rings. The molecule has 5 heteroatoms. The van der Waals surface area contributed by atoms with Crippen molar-refractivity contribution in [3.05, 3.63) is 18.2 Å². The zero-order valence-corrected chi connectivity index (χ0v) is 10.5. The van der Waals surface area contributed by atoms with Crippen LogP contribution in [0.25, 0.3) is 0 Å². The van der Waals surface area contributed by atoms with Crippen LogP contribution in [0.15, 0.2) is 18.2 Å². The van der Waals surface area contributed by atoms with E-state index in [0.717, 1.165) is 6.54 Å². The molecule has 94 valence electrons. The maximum Gasteiger partial charge on any atom is 0.221 e. The lowest BCUT2D eigenvalue weighted by Crippen LogP contribution is -2.20. The summed E-state index contributed by atoms with van der Waals surface area (Å²) in [4.78, 5) is 13.1. The predicted molar refractivity (Wildman–Crippen MR) is 69.2 cm³/mol. The number of likely N-dealkylation sites (N-methyl/N-ethyl adjacent to an activating group) is 1. The molecular weight excluding hydrogens is 218 g/mol. The third kappa shape index (κ3) is 4.74. The number of carbonyl (C=O) groups excluding carboxylic acids is 1. The van der Waals surface area contributed by atoms with E-state index in [1.54, 1.807) is 18.2 Å². The number of nitrogen functional groups attached to an aromatic ring is 1. The summed E-state index contributed by atoms with van der Waals surface area (Å²) >= 11 is 0. The van der Waals surface area contributed by atoms with Crippen molar-refractivity contribution in [1.29, 1.82) is 0 Å².